The van der Waals surface area contributed by atoms with E-state index < -0.39 is 22.9 Å². The van der Waals surface area contributed by atoms with Gasteiger partial charge in [0.25, 0.3) is 5.56 Å². The summed E-state index contributed by atoms with van der Waals surface area (Å²) in [5.74, 6) is -0.790. The number of methoxy groups -OCH3 is 2. The lowest BCUT2D eigenvalue weighted by Crippen LogP contribution is -2.31. The maximum Gasteiger partial charge on any atom is 0.275 e. The maximum atomic E-state index is 13.8. The summed E-state index contributed by atoms with van der Waals surface area (Å²) in [6.07, 6.45) is 1.82. The van der Waals surface area contributed by atoms with Crippen molar-refractivity contribution >= 4 is 22.8 Å². The molecule has 0 radical (unpaired) electrons. The molecule has 3 N–H and O–H groups in total. The Bertz CT molecular complexity index is 1500. The Labute approximate surface area is 212 Å². The average Bonchev–Trinajstić information content (AvgIpc) is 3.29. The van der Waals surface area contributed by atoms with Crippen LogP contribution in [0, 0.1) is 10.8 Å². The monoisotopic (exact) mass is 505 g/mol. The molecule has 0 saturated carbocycles. The number of nitrogens with one attached hydrogen (secondary N) is 2. The van der Waals surface area contributed by atoms with Crippen molar-refractivity contribution in [3.63, 3.8) is 0 Å². The molecule has 37 heavy (non-hydrogen) atoms. The van der Waals surface area contributed by atoms with Gasteiger partial charge in [0.1, 0.15) is 28.7 Å². The van der Waals surface area contributed by atoms with E-state index in [0.29, 0.717) is 41.0 Å². The second-order valence-corrected chi connectivity index (χ2v) is 8.14. The summed E-state index contributed by atoms with van der Waals surface area (Å²) < 4.78 is 22.8. The van der Waals surface area contributed by atoms with Crippen LogP contribution >= 0.6 is 0 Å². The van der Waals surface area contributed by atoms with Crippen molar-refractivity contribution in [3.05, 3.63) is 69.9 Å². The molecule has 0 atom stereocenters. The molecule has 0 saturated heterocycles. The van der Waals surface area contributed by atoms with E-state index in [2.05, 4.69) is 10.1 Å². The molecule has 0 aliphatic carbocycles. The summed E-state index contributed by atoms with van der Waals surface area (Å²) in [7, 11) is 2.92. The molecule has 0 fully saturated rings. The van der Waals surface area contributed by atoms with Crippen LogP contribution in [0.2, 0.25) is 0 Å². The summed E-state index contributed by atoms with van der Waals surface area (Å²) >= 11 is 0. The molecular weight excluding hydrogens is 478 g/mol. The molecule has 192 valence electrons. The van der Waals surface area contributed by atoms with Crippen LogP contribution in [0.25, 0.3) is 16.7 Å². The number of hydrogen-bond donors (Lipinski definition) is 3. The van der Waals surface area contributed by atoms with Gasteiger partial charge in [-0.05, 0) is 30.7 Å². The van der Waals surface area contributed by atoms with Gasteiger partial charge < -0.3 is 23.8 Å². The first-order valence-corrected chi connectivity index (χ1v) is 11.6. The van der Waals surface area contributed by atoms with Gasteiger partial charge in [0, 0.05) is 11.8 Å². The number of benzene rings is 2. The summed E-state index contributed by atoms with van der Waals surface area (Å²) in [4.78, 5) is 18.0. The Hall–Kier alpha value is -4.67. The van der Waals surface area contributed by atoms with Crippen molar-refractivity contribution in [1.82, 2.24) is 14.7 Å². The number of unbranched alkanes of at least 4 members (excludes halogenated alkanes) is 1. The number of rotatable bonds is 9. The smallest absolute Gasteiger partial charge is 0.275 e. The summed E-state index contributed by atoms with van der Waals surface area (Å²) in [5.41, 5.74) is 0.0312. The first-order valence-electron chi connectivity index (χ1n) is 11.6. The van der Waals surface area contributed by atoms with Crippen LogP contribution in [0.15, 0.2) is 51.8 Å². The molecular formula is C26H27N5O6. The quantitative estimate of drug-likeness (QED) is 0.228. The number of nitrogens with zero attached hydrogens (tertiary/aromatic N) is 3. The predicted octanol–water partition coefficient (Wildman–Crippen LogP) is 4.00. The minimum atomic E-state index is -0.758. The Balaban J connectivity index is 1.74. The molecule has 0 unspecified atom stereocenters. The number of aryl methyl sites for hydroxylation is 1. The highest BCUT2D eigenvalue weighted by Crippen LogP contribution is 2.33. The molecule has 0 amide bonds. The number of ether oxygens (including phenoxy) is 3. The van der Waals surface area contributed by atoms with Gasteiger partial charge in [-0.3, -0.25) is 20.2 Å². The zero-order valence-electron chi connectivity index (χ0n) is 20.7. The van der Waals surface area contributed by atoms with Crippen molar-refractivity contribution < 1.29 is 23.8 Å². The molecule has 0 aliphatic rings. The first kappa shape index (κ1) is 25.4. The number of hydrogen-bond acceptors (Lipinski definition) is 10. The summed E-state index contributed by atoms with van der Waals surface area (Å²) in [6.45, 7) is 1.99. The van der Waals surface area contributed by atoms with Gasteiger partial charge in [0.15, 0.2) is 17.0 Å². The normalized spacial score (nSPS) is 10.9. The third kappa shape index (κ3) is 5.01. The van der Waals surface area contributed by atoms with E-state index in [1.54, 1.807) is 36.4 Å². The third-order valence-corrected chi connectivity index (χ3v) is 5.75. The fourth-order valence-electron chi connectivity index (χ4n) is 3.96. The first-order chi connectivity index (χ1) is 17.9. The predicted molar refractivity (Wildman–Crippen MR) is 137 cm³/mol. The SMILES string of the molecule is CCCCc1nc(O)c(C(=N)OC(=N)Cc2noc3ccccc23)c(=O)n1-c1c(OC)cccc1OC. The Morgan fingerprint density at radius 1 is 1.08 bits per heavy atom. The number of fused-ring (bicyclic) bond motifs is 1. The molecule has 0 aliphatic heterocycles. The molecule has 2 aromatic heterocycles. The lowest BCUT2D eigenvalue weighted by atomic mass is 10.1. The molecule has 2 heterocycles. The molecule has 0 bridgehead atoms. The van der Waals surface area contributed by atoms with Crippen LogP contribution in [0.4, 0.5) is 0 Å². The van der Waals surface area contributed by atoms with E-state index in [1.165, 1.54) is 18.8 Å². The highest BCUT2D eigenvalue weighted by Gasteiger charge is 2.26. The van der Waals surface area contributed by atoms with Crippen LogP contribution in [0.1, 0.15) is 36.8 Å². The average molecular weight is 506 g/mol. The second kappa shape index (κ2) is 10.9. The van der Waals surface area contributed by atoms with E-state index in [4.69, 9.17) is 29.6 Å². The Morgan fingerprint density at radius 3 is 2.46 bits per heavy atom. The van der Waals surface area contributed by atoms with Gasteiger partial charge in [-0.2, -0.15) is 4.98 Å². The van der Waals surface area contributed by atoms with Gasteiger partial charge in [-0.1, -0.05) is 36.7 Å². The van der Waals surface area contributed by atoms with Gasteiger partial charge in [-0.15, -0.1) is 0 Å². The van der Waals surface area contributed by atoms with Gasteiger partial charge in [-0.25, -0.2) is 0 Å². The lowest BCUT2D eigenvalue weighted by Gasteiger charge is -2.19. The van der Waals surface area contributed by atoms with Crippen LogP contribution in [0.5, 0.6) is 17.4 Å². The molecule has 0 spiro atoms. The molecule has 2 aromatic carbocycles. The van der Waals surface area contributed by atoms with Crippen LogP contribution < -0.4 is 15.0 Å². The highest BCUT2D eigenvalue weighted by atomic mass is 16.5. The van der Waals surface area contributed by atoms with Gasteiger partial charge >= 0.3 is 0 Å². The van der Waals surface area contributed by atoms with Gasteiger partial charge in [0.2, 0.25) is 11.8 Å². The molecule has 11 heteroatoms. The largest absolute Gasteiger partial charge is 0.494 e. The van der Waals surface area contributed by atoms with Crippen molar-refractivity contribution in [1.29, 1.82) is 10.8 Å². The molecule has 11 nitrogen and oxygen atoms in total. The fraction of sp³-hybridized carbons (Fsp3) is 0.269. The Morgan fingerprint density at radius 2 is 1.78 bits per heavy atom. The Kier molecular flexibility index (Phi) is 7.52. The number of para-hydroxylation sites is 2. The van der Waals surface area contributed by atoms with E-state index in [9.17, 15) is 9.90 Å². The molecule has 4 rings (SSSR count). The number of aromatic hydroxyl groups is 1. The highest BCUT2D eigenvalue weighted by molar-refractivity contribution is 6.01. The zero-order valence-corrected chi connectivity index (χ0v) is 20.7. The van der Waals surface area contributed by atoms with E-state index in [-0.39, 0.29) is 23.8 Å². The summed E-state index contributed by atoms with van der Waals surface area (Å²) in [5, 5.41) is 32.0. The minimum Gasteiger partial charge on any atom is -0.494 e. The second-order valence-electron chi connectivity index (χ2n) is 8.14. The van der Waals surface area contributed by atoms with Crippen LogP contribution in [-0.2, 0) is 17.6 Å². The van der Waals surface area contributed by atoms with E-state index in [1.807, 2.05) is 13.0 Å². The standard InChI is InChI=1S/C26H27N5O6/c1-4-5-13-21-29-25(32)22(26(33)31(21)23-18(34-2)11-8-12-19(23)35-3)24(28)36-20(27)14-16-15-9-6-7-10-17(15)37-30-16/h6-12,27-28,32H,4-5,13-14H2,1-3H3. The zero-order chi connectivity index (χ0) is 26.5. The topological polar surface area (TPSA) is 157 Å². The maximum absolute atomic E-state index is 13.8. The molecule has 4 aromatic rings. The van der Waals surface area contributed by atoms with Crippen LogP contribution in [-0.4, -0.2) is 45.8 Å². The lowest BCUT2D eigenvalue weighted by molar-refractivity contribution is 0.388. The van der Waals surface area contributed by atoms with E-state index in [0.717, 1.165) is 6.42 Å². The van der Waals surface area contributed by atoms with Crippen molar-refractivity contribution in [2.45, 2.75) is 32.6 Å². The minimum absolute atomic E-state index is 0.0866. The van der Waals surface area contributed by atoms with Crippen LogP contribution in [0.3, 0.4) is 0 Å². The summed E-state index contributed by atoms with van der Waals surface area (Å²) in [6, 6.07) is 12.2. The van der Waals surface area contributed by atoms with Crippen molar-refractivity contribution in [2.75, 3.05) is 14.2 Å². The number of aromatic nitrogens is 3. The third-order valence-electron chi connectivity index (χ3n) is 5.75. The fourth-order valence-corrected chi connectivity index (χ4v) is 3.96. The van der Waals surface area contributed by atoms with Crippen molar-refractivity contribution in [3.8, 4) is 23.1 Å². The van der Waals surface area contributed by atoms with Gasteiger partial charge in [0.05, 0.1) is 20.6 Å². The van der Waals surface area contributed by atoms with E-state index >= 15 is 0 Å². The van der Waals surface area contributed by atoms with Crippen molar-refractivity contribution in [2.24, 2.45) is 0 Å².